The highest BCUT2D eigenvalue weighted by molar-refractivity contribution is 5.72. The Morgan fingerprint density at radius 2 is 1.94 bits per heavy atom. The van der Waals surface area contributed by atoms with Crippen molar-refractivity contribution in [3.8, 4) is 0 Å². The SMILES string of the molecule is Cc1ccc(CCN(C)CCC(N)C(=O)O)cc1. The predicted molar refractivity (Wildman–Crippen MR) is 72.6 cm³/mol. The minimum Gasteiger partial charge on any atom is -0.480 e. The largest absolute Gasteiger partial charge is 0.480 e. The first kappa shape index (κ1) is 14.7. The Bertz CT molecular complexity index is 376. The lowest BCUT2D eigenvalue weighted by atomic mass is 10.1. The molecule has 1 aromatic carbocycles. The van der Waals surface area contributed by atoms with Crippen LogP contribution in [-0.4, -0.2) is 42.2 Å². The van der Waals surface area contributed by atoms with Crippen LogP contribution in [0.1, 0.15) is 17.5 Å². The number of likely N-dealkylation sites (N-methyl/N-ethyl adjacent to an activating group) is 1. The molecule has 0 amide bonds. The first-order chi connectivity index (χ1) is 8.49. The second-order valence-electron chi connectivity index (χ2n) is 4.77. The lowest BCUT2D eigenvalue weighted by molar-refractivity contribution is -0.138. The van der Waals surface area contributed by atoms with Crippen LogP contribution in [0.4, 0.5) is 0 Å². The second kappa shape index (κ2) is 7.13. The maximum atomic E-state index is 10.6. The summed E-state index contributed by atoms with van der Waals surface area (Å²) in [7, 11) is 1.99. The summed E-state index contributed by atoms with van der Waals surface area (Å²) in [6.07, 6.45) is 1.46. The summed E-state index contributed by atoms with van der Waals surface area (Å²) in [5.41, 5.74) is 8.03. The molecule has 0 aliphatic heterocycles. The zero-order chi connectivity index (χ0) is 13.5. The molecule has 0 heterocycles. The molecule has 0 radical (unpaired) electrons. The van der Waals surface area contributed by atoms with Gasteiger partial charge in [0, 0.05) is 6.54 Å². The normalized spacial score (nSPS) is 12.7. The molecule has 1 unspecified atom stereocenters. The van der Waals surface area contributed by atoms with E-state index < -0.39 is 12.0 Å². The molecule has 0 spiro atoms. The van der Waals surface area contributed by atoms with Crippen LogP contribution in [0.2, 0.25) is 0 Å². The van der Waals surface area contributed by atoms with Crippen molar-refractivity contribution in [1.82, 2.24) is 4.90 Å². The number of aryl methyl sites for hydroxylation is 1. The minimum absolute atomic E-state index is 0.486. The monoisotopic (exact) mass is 250 g/mol. The fraction of sp³-hybridized carbons (Fsp3) is 0.500. The molecule has 1 atom stereocenters. The van der Waals surface area contributed by atoms with Crippen molar-refractivity contribution in [3.05, 3.63) is 35.4 Å². The van der Waals surface area contributed by atoms with Gasteiger partial charge >= 0.3 is 5.97 Å². The quantitative estimate of drug-likeness (QED) is 0.765. The Kier molecular flexibility index (Phi) is 5.82. The number of carboxylic acid groups (broad SMARTS) is 1. The zero-order valence-electron chi connectivity index (χ0n) is 11.1. The summed E-state index contributed by atoms with van der Waals surface area (Å²) in [5.74, 6) is -0.929. The van der Waals surface area contributed by atoms with Gasteiger partial charge < -0.3 is 15.7 Å². The third-order valence-corrected chi connectivity index (χ3v) is 3.04. The summed E-state index contributed by atoms with van der Waals surface area (Å²) in [6.45, 7) is 3.69. The summed E-state index contributed by atoms with van der Waals surface area (Å²) < 4.78 is 0. The van der Waals surface area contributed by atoms with Crippen LogP contribution in [0, 0.1) is 6.92 Å². The van der Waals surface area contributed by atoms with Gasteiger partial charge in [-0.3, -0.25) is 4.79 Å². The van der Waals surface area contributed by atoms with E-state index in [1.165, 1.54) is 11.1 Å². The van der Waals surface area contributed by atoms with Gasteiger partial charge in [-0.15, -0.1) is 0 Å². The van der Waals surface area contributed by atoms with Crippen LogP contribution >= 0.6 is 0 Å². The Morgan fingerprint density at radius 1 is 1.33 bits per heavy atom. The van der Waals surface area contributed by atoms with Crippen LogP contribution < -0.4 is 5.73 Å². The molecule has 0 saturated heterocycles. The molecule has 4 nitrogen and oxygen atoms in total. The van der Waals surface area contributed by atoms with Gasteiger partial charge in [0.15, 0.2) is 0 Å². The predicted octanol–water partition coefficient (Wildman–Crippen LogP) is 1.27. The van der Waals surface area contributed by atoms with Crippen LogP contribution in [0.25, 0.3) is 0 Å². The third kappa shape index (κ3) is 5.29. The fourth-order valence-electron chi connectivity index (χ4n) is 1.67. The zero-order valence-corrected chi connectivity index (χ0v) is 11.1. The lowest BCUT2D eigenvalue weighted by Crippen LogP contribution is -2.34. The van der Waals surface area contributed by atoms with E-state index in [-0.39, 0.29) is 0 Å². The van der Waals surface area contributed by atoms with Crippen LogP contribution in [0.5, 0.6) is 0 Å². The molecule has 3 N–H and O–H groups in total. The Morgan fingerprint density at radius 3 is 2.50 bits per heavy atom. The molecule has 0 saturated carbocycles. The first-order valence-electron chi connectivity index (χ1n) is 6.21. The molecular formula is C14H22N2O2. The summed E-state index contributed by atoms with van der Waals surface area (Å²) in [5, 5.41) is 8.69. The Hall–Kier alpha value is -1.39. The van der Waals surface area contributed by atoms with E-state index in [1.54, 1.807) is 0 Å². The van der Waals surface area contributed by atoms with Crippen molar-refractivity contribution in [2.75, 3.05) is 20.1 Å². The topological polar surface area (TPSA) is 66.6 Å². The van der Waals surface area contributed by atoms with E-state index >= 15 is 0 Å². The molecule has 0 aromatic heterocycles. The molecule has 1 aromatic rings. The van der Waals surface area contributed by atoms with Crippen LogP contribution in [0.3, 0.4) is 0 Å². The van der Waals surface area contributed by atoms with Crippen molar-refractivity contribution >= 4 is 5.97 Å². The number of benzene rings is 1. The van der Waals surface area contributed by atoms with Crippen LogP contribution in [-0.2, 0) is 11.2 Å². The lowest BCUT2D eigenvalue weighted by Gasteiger charge is -2.17. The van der Waals surface area contributed by atoms with Crippen molar-refractivity contribution < 1.29 is 9.90 Å². The average molecular weight is 250 g/mol. The van der Waals surface area contributed by atoms with Crippen molar-refractivity contribution in [2.45, 2.75) is 25.8 Å². The highest BCUT2D eigenvalue weighted by Gasteiger charge is 2.11. The molecule has 0 bridgehead atoms. The summed E-state index contributed by atoms with van der Waals surface area (Å²) in [4.78, 5) is 12.7. The van der Waals surface area contributed by atoms with Crippen LogP contribution in [0.15, 0.2) is 24.3 Å². The number of carboxylic acids is 1. The highest BCUT2D eigenvalue weighted by atomic mass is 16.4. The Labute approximate surface area is 108 Å². The number of nitrogens with zero attached hydrogens (tertiary/aromatic N) is 1. The van der Waals surface area contributed by atoms with E-state index in [0.29, 0.717) is 13.0 Å². The fourth-order valence-corrected chi connectivity index (χ4v) is 1.67. The van der Waals surface area contributed by atoms with Crippen molar-refractivity contribution in [3.63, 3.8) is 0 Å². The summed E-state index contributed by atoms with van der Waals surface area (Å²) >= 11 is 0. The molecule has 0 aliphatic carbocycles. The van der Waals surface area contributed by atoms with Gasteiger partial charge in [0.2, 0.25) is 0 Å². The van der Waals surface area contributed by atoms with Crippen molar-refractivity contribution in [2.24, 2.45) is 5.73 Å². The van der Waals surface area contributed by atoms with E-state index in [9.17, 15) is 4.79 Å². The third-order valence-electron chi connectivity index (χ3n) is 3.04. The second-order valence-corrected chi connectivity index (χ2v) is 4.77. The number of carbonyl (C=O) groups is 1. The van der Waals surface area contributed by atoms with Gasteiger partial charge in [0.25, 0.3) is 0 Å². The van der Waals surface area contributed by atoms with Gasteiger partial charge in [-0.1, -0.05) is 29.8 Å². The smallest absolute Gasteiger partial charge is 0.320 e. The van der Waals surface area contributed by atoms with E-state index in [4.69, 9.17) is 10.8 Å². The van der Waals surface area contributed by atoms with Crippen molar-refractivity contribution in [1.29, 1.82) is 0 Å². The van der Waals surface area contributed by atoms with E-state index in [0.717, 1.165) is 13.0 Å². The number of hydrogen-bond acceptors (Lipinski definition) is 3. The maximum Gasteiger partial charge on any atom is 0.320 e. The number of hydrogen-bond donors (Lipinski definition) is 2. The summed E-state index contributed by atoms with van der Waals surface area (Å²) in [6, 6.07) is 7.72. The number of rotatable bonds is 7. The highest BCUT2D eigenvalue weighted by Crippen LogP contribution is 2.04. The molecule has 18 heavy (non-hydrogen) atoms. The van der Waals surface area contributed by atoms with Gasteiger partial charge in [-0.25, -0.2) is 0 Å². The molecule has 0 fully saturated rings. The van der Waals surface area contributed by atoms with Gasteiger partial charge in [0.05, 0.1) is 0 Å². The number of nitrogens with two attached hydrogens (primary N) is 1. The minimum atomic E-state index is -0.929. The van der Waals surface area contributed by atoms with Gasteiger partial charge in [-0.2, -0.15) is 0 Å². The average Bonchev–Trinajstić information content (AvgIpc) is 2.35. The van der Waals surface area contributed by atoms with Gasteiger partial charge in [-0.05, 0) is 38.9 Å². The molecule has 0 aliphatic rings. The molecule has 4 heteroatoms. The van der Waals surface area contributed by atoms with E-state index in [1.807, 2.05) is 7.05 Å². The Balaban J connectivity index is 2.26. The standard InChI is InChI=1S/C14H22N2O2/c1-11-3-5-12(6-4-11)7-9-16(2)10-8-13(15)14(17)18/h3-6,13H,7-10,15H2,1-2H3,(H,17,18). The maximum absolute atomic E-state index is 10.6. The first-order valence-corrected chi connectivity index (χ1v) is 6.21. The molecule has 100 valence electrons. The molecular weight excluding hydrogens is 228 g/mol. The van der Waals surface area contributed by atoms with E-state index in [2.05, 4.69) is 36.1 Å². The van der Waals surface area contributed by atoms with Gasteiger partial charge in [0.1, 0.15) is 6.04 Å². The molecule has 1 rings (SSSR count). The number of aliphatic carboxylic acids is 1.